The van der Waals surface area contributed by atoms with E-state index in [1.807, 2.05) is 12.1 Å². The molecule has 1 unspecified atom stereocenters. The molecule has 1 aromatic heterocycles. The minimum absolute atomic E-state index is 0.00818. The summed E-state index contributed by atoms with van der Waals surface area (Å²) in [4.78, 5) is 13.6. The maximum atomic E-state index is 13.6. The first-order chi connectivity index (χ1) is 14.9. The number of methoxy groups -OCH3 is 1. The molecule has 0 bridgehead atoms. The topological polar surface area (TPSA) is 52.5 Å². The van der Waals surface area contributed by atoms with E-state index in [2.05, 4.69) is 67.3 Å². The summed E-state index contributed by atoms with van der Waals surface area (Å²) in [6.45, 7) is 5.38. The van der Waals surface area contributed by atoms with Crippen LogP contribution in [-0.4, -0.2) is 36.8 Å². The second-order valence-corrected chi connectivity index (χ2v) is 8.79. The standard InChI is InChI=1S/C26H32N2O3/c1-18-6-5-7-21(14-18)26(10-12-31-13-11-26)25(29)27-19(2)15-20-17-28(3)24-9-8-22(30-4)16-23(20)24/h5-9,14,16-17,19H,10-13,15H2,1-4H3,(H,27,29). The van der Waals surface area contributed by atoms with Crippen LogP contribution < -0.4 is 10.1 Å². The number of rotatable bonds is 6. The molecule has 1 amide bonds. The van der Waals surface area contributed by atoms with Crippen LogP contribution in [0.3, 0.4) is 0 Å². The highest BCUT2D eigenvalue weighted by molar-refractivity contribution is 5.89. The molecule has 1 atom stereocenters. The Labute approximate surface area is 184 Å². The lowest BCUT2D eigenvalue weighted by molar-refractivity contribution is -0.131. The van der Waals surface area contributed by atoms with Crippen molar-refractivity contribution in [1.29, 1.82) is 0 Å². The Kier molecular flexibility index (Phi) is 6.05. The van der Waals surface area contributed by atoms with Crippen molar-refractivity contribution in [3.63, 3.8) is 0 Å². The molecular formula is C26H32N2O3. The van der Waals surface area contributed by atoms with Crippen LogP contribution in [-0.2, 0) is 28.4 Å². The van der Waals surface area contributed by atoms with Crippen LogP contribution in [0.25, 0.3) is 10.9 Å². The molecule has 2 heterocycles. The summed E-state index contributed by atoms with van der Waals surface area (Å²) in [6, 6.07) is 14.5. The van der Waals surface area contributed by atoms with Gasteiger partial charge in [0.15, 0.2) is 0 Å². The predicted octanol–water partition coefficient (Wildman–Crippen LogP) is 4.29. The molecule has 5 heteroatoms. The van der Waals surface area contributed by atoms with E-state index in [1.54, 1.807) is 7.11 Å². The summed E-state index contributed by atoms with van der Waals surface area (Å²) in [7, 11) is 3.74. The molecule has 4 rings (SSSR count). The number of hydrogen-bond acceptors (Lipinski definition) is 3. The summed E-state index contributed by atoms with van der Waals surface area (Å²) in [5, 5.41) is 4.49. The first-order valence-electron chi connectivity index (χ1n) is 11.0. The highest BCUT2D eigenvalue weighted by Crippen LogP contribution is 2.36. The van der Waals surface area contributed by atoms with E-state index in [0.717, 1.165) is 23.3 Å². The second-order valence-electron chi connectivity index (χ2n) is 8.79. The van der Waals surface area contributed by atoms with Crippen LogP contribution >= 0.6 is 0 Å². The van der Waals surface area contributed by atoms with E-state index in [9.17, 15) is 4.79 Å². The monoisotopic (exact) mass is 420 g/mol. The molecule has 1 N–H and O–H groups in total. The second kappa shape index (κ2) is 8.75. The van der Waals surface area contributed by atoms with E-state index in [-0.39, 0.29) is 11.9 Å². The number of ether oxygens (including phenoxy) is 2. The van der Waals surface area contributed by atoms with Gasteiger partial charge < -0.3 is 19.4 Å². The van der Waals surface area contributed by atoms with Gasteiger partial charge in [-0.05, 0) is 62.4 Å². The average molecular weight is 421 g/mol. The number of benzene rings is 2. The molecule has 2 aromatic carbocycles. The van der Waals surface area contributed by atoms with Gasteiger partial charge in [0, 0.05) is 43.4 Å². The SMILES string of the molecule is COc1ccc2c(c1)c(CC(C)NC(=O)C1(c3cccc(C)c3)CCOCC1)cn2C. The average Bonchev–Trinajstić information content (AvgIpc) is 3.08. The maximum Gasteiger partial charge on any atom is 0.231 e. The Morgan fingerprint density at radius 2 is 2.00 bits per heavy atom. The van der Waals surface area contributed by atoms with Crippen molar-refractivity contribution in [3.8, 4) is 5.75 Å². The van der Waals surface area contributed by atoms with E-state index < -0.39 is 5.41 Å². The van der Waals surface area contributed by atoms with Gasteiger partial charge in [-0.3, -0.25) is 4.79 Å². The zero-order valence-electron chi connectivity index (χ0n) is 18.9. The van der Waals surface area contributed by atoms with Gasteiger partial charge in [-0.15, -0.1) is 0 Å². The highest BCUT2D eigenvalue weighted by atomic mass is 16.5. The molecule has 0 aliphatic carbocycles. The van der Waals surface area contributed by atoms with Crippen molar-refractivity contribution in [2.24, 2.45) is 7.05 Å². The van der Waals surface area contributed by atoms with Gasteiger partial charge in [0.25, 0.3) is 0 Å². The van der Waals surface area contributed by atoms with Crippen molar-refractivity contribution in [2.45, 2.75) is 44.6 Å². The van der Waals surface area contributed by atoms with Gasteiger partial charge in [-0.2, -0.15) is 0 Å². The van der Waals surface area contributed by atoms with Crippen LogP contribution in [0.4, 0.5) is 0 Å². The first kappa shape index (κ1) is 21.4. The summed E-state index contributed by atoms with van der Waals surface area (Å²) in [6.07, 6.45) is 4.33. The van der Waals surface area contributed by atoms with Crippen molar-refractivity contribution < 1.29 is 14.3 Å². The van der Waals surface area contributed by atoms with Crippen LogP contribution in [0.15, 0.2) is 48.7 Å². The summed E-state index contributed by atoms with van der Waals surface area (Å²) in [5.41, 5.74) is 4.11. The third-order valence-corrected chi connectivity index (χ3v) is 6.53. The lowest BCUT2D eigenvalue weighted by Crippen LogP contribution is -2.50. The van der Waals surface area contributed by atoms with E-state index in [1.165, 1.54) is 16.5 Å². The molecule has 1 aliphatic rings. The number of amides is 1. The predicted molar refractivity (Wildman–Crippen MR) is 124 cm³/mol. The molecule has 164 valence electrons. The minimum Gasteiger partial charge on any atom is -0.497 e. The molecule has 0 saturated carbocycles. The number of carbonyl (C=O) groups is 1. The quantitative estimate of drug-likeness (QED) is 0.647. The molecule has 31 heavy (non-hydrogen) atoms. The fourth-order valence-corrected chi connectivity index (χ4v) is 4.79. The Bertz CT molecular complexity index is 1080. The van der Waals surface area contributed by atoms with Gasteiger partial charge in [0.2, 0.25) is 5.91 Å². The number of nitrogens with one attached hydrogen (secondary N) is 1. The third kappa shape index (κ3) is 4.19. The van der Waals surface area contributed by atoms with Gasteiger partial charge in [0.1, 0.15) is 5.75 Å². The Morgan fingerprint density at radius 1 is 1.23 bits per heavy atom. The van der Waals surface area contributed by atoms with Gasteiger partial charge in [-0.25, -0.2) is 0 Å². The van der Waals surface area contributed by atoms with Gasteiger partial charge >= 0.3 is 0 Å². The lowest BCUT2D eigenvalue weighted by Gasteiger charge is -2.37. The van der Waals surface area contributed by atoms with Crippen LogP contribution in [0.5, 0.6) is 5.75 Å². The third-order valence-electron chi connectivity index (χ3n) is 6.53. The summed E-state index contributed by atoms with van der Waals surface area (Å²) >= 11 is 0. The zero-order chi connectivity index (χ0) is 22.0. The van der Waals surface area contributed by atoms with E-state index >= 15 is 0 Å². The fraction of sp³-hybridized carbons (Fsp3) is 0.423. The van der Waals surface area contributed by atoms with Crippen molar-refractivity contribution in [3.05, 3.63) is 65.4 Å². The van der Waals surface area contributed by atoms with Gasteiger partial charge in [-0.1, -0.05) is 29.8 Å². The van der Waals surface area contributed by atoms with E-state index in [0.29, 0.717) is 26.1 Å². The Balaban J connectivity index is 1.57. The number of fused-ring (bicyclic) bond motifs is 1. The Morgan fingerprint density at radius 3 is 2.71 bits per heavy atom. The molecule has 0 spiro atoms. The normalized spacial score (nSPS) is 16.8. The lowest BCUT2D eigenvalue weighted by atomic mass is 9.73. The first-order valence-corrected chi connectivity index (χ1v) is 11.0. The van der Waals surface area contributed by atoms with Crippen molar-refractivity contribution in [1.82, 2.24) is 9.88 Å². The molecule has 5 nitrogen and oxygen atoms in total. The van der Waals surface area contributed by atoms with Crippen LogP contribution in [0.1, 0.15) is 36.5 Å². The number of aryl methyl sites for hydroxylation is 2. The van der Waals surface area contributed by atoms with Crippen molar-refractivity contribution >= 4 is 16.8 Å². The zero-order valence-corrected chi connectivity index (χ0v) is 18.9. The van der Waals surface area contributed by atoms with Gasteiger partial charge in [0.05, 0.1) is 12.5 Å². The van der Waals surface area contributed by atoms with E-state index in [4.69, 9.17) is 9.47 Å². The smallest absolute Gasteiger partial charge is 0.231 e. The molecule has 0 radical (unpaired) electrons. The molecule has 3 aromatic rings. The number of aromatic nitrogens is 1. The molecule has 1 fully saturated rings. The molecular weight excluding hydrogens is 388 g/mol. The van der Waals surface area contributed by atoms with Crippen LogP contribution in [0.2, 0.25) is 0 Å². The number of hydrogen-bond donors (Lipinski definition) is 1. The fourth-order valence-electron chi connectivity index (χ4n) is 4.79. The Hall–Kier alpha value is -2.79. The largest absolute Gasteiger partial charge is 0.497 e. The van der Waals surface area contributed by atoms with Crippen LogP contribution in [0, 0.1) is 6.92 Å². The highest BCUT2D eigenvalue weighted by Gasteiger charge is 2.42. The maximum absolute atomic E-state index is 13.6. The minimum atomic E-state index is -0.527. The molecule has 1 aliphatic heterocycles. The van der Waals surface area contributed by atoms with Crippen molar-refractivity contribution in [2.75, 3.05) is 20.3 Å². The summed E-state index contributed by atoms with van der Waals surface area (Å²) < 4.78 is 13.2. The molecule has 1 saturated heterocycles. The summed E-state index contributed by atoms with van der Waals surface area (Å²) in [5.74, 6) is 0.948. The number of carbonyl (C=O) groups excluding carboxylic acids is 1. The number of nitrogens with zero attached hydrogens (tertiary/aromatic N) is 1.